The highest BCUT2D eigenvalue weighted by Crippen LogP contribution is 2.44. The Morgan fingerprint density at radius 2 is 1.81 bits per heavy atom. The molecular formula is C14H18F2. The summed E-state index contributed by atoms with van der Waals surface area (Å²) in [5.74, 6) is -1.89. The first-order chi connectivity index (χ1) is 7.48. The number of alkyl halides is 2. The van der Waals surface area contributed by atoms with Crippen LogP contribution in [0.1, 0.15) is 56.1 Å². The Morgan fingerprint density at radius 3 is 2.25 bits per heavy atom. The summed E-state index contributed by atoms with van der Waals surface area (Å²) < 4.78 is 26.2. The lowest BCUT2D eigenvalue weighted by atomic mass is 9.94. The molecule has 1 aromatic rings. The minimum atomic E-state index is -2.44. The van der Waals surface area contributed by atoms with Crippen LogP contribution < -0.4 is 0 Å². The lowest BCUT2D eigenvalue weighted by molar-refractivity contribution is 0.00777. The number of hydrogen-bond donors (Lipinski definition) is 0. The van der Waals surface area contributed by atoms with Crippen molar-refractivity contribution in [1.29, 1.82) is 0 Å². The summed E-state index contributed by atoms with van der Waals surface area (Å²) in [7, 11) is 0. The summed E-state index contributed by atoms with van der Waals surface area (Å²) in [5, 5.41) is 0. The average molecular weight is 224 g/mol. The van der Waals surface area contributed by atoms with Crippen LogP contribution in [0.2, 0.25) is 0 Å². The summed E-state index contributed by atoms with van der Waals surface area (Å²) in [6.45, 7) is 4.28. The topological polar surface area (TPSA) is 0 Å². The van der Waals surface area contributed by atoms with E-state index in [9.17, 15) is 8.78 Å². The van der Waals surface area contributed by atoms with E-state index in [1.165, 1.54) is 5.56 Å². The molecule has 16 heavy (non-hydrogen) atoms. The predicted octanol–water partition coefficient (Wildman–Crippen LogP) is 4.71. The summed E-state index contributed by atoms with van der Waals surface area (Å²) in [6.07, 6.45) is 0.686. The van der Waals surface area contributed by atoms with Gasteiger partial charge in [-0.3, -0.25) is 0 Å². The third-order valence-electron chi connectivity index (χ3n) is 3.48. The summed E-state index contributed by atoms with van der Waals surface area (Å²) >= 11 is 0. The first-order valence-corrected chi connectivity index (χ1v) is 5.95. The number of halogens is 2. The van der Waals surface area contributed by atoms with Crippen LogP contribution in [-0.2, 0) is 0 Å². The molecule has 1 atom stereocenters. The molecule has 0 N–H and O–H groups in total. The quantitative estimate of drug-likeness (QED) is 0.682. The van der Waals surface area contributed by atoms with E-state index in [0.29, 0.717) is 12.3 Å². The van der Waals surface area contributed by atoms with Gasteiger partial charge in [-0.25, -0.2) is 8.78 Å². The van der Waals surface area contributed by atoms with E-state index >= 15 is 0 Å². The molecule has 0 spiro atoms. The zero-order valence-electron chi connectivity index (χ0n) is 9.84. The molecule has 1 saturated carbocycles. The van der Waals surface area contributed by atoms with E-state index < -0.39 is 5.92 Å². The van der Waals surface area contributed by atoms with Crippen LogP contribution in [0, 0.1) is 0 Å². The Morgan fingerprint density at radius 1 is 1.19 bits per heavy atom. The molecule has 2 heteroatoms. The van der Waals surface area contributed by atoms with Gasteiger partial charge in [0.25, 0.3) is 0 Å². The smallest absolute Gasteiger partial charge is 0.207 e. The Kier molecular flexibility index (Phi) is 3.00. The fraction of sp³-hybridized carbons (Fsp3) is 0.571. The van der Waals surface area contributed by atoms with Crippen molar-refractivity contribution in [2.75, 3.05) is 0 Å². The first kappa shape index (κ1) is 11.6. The molecule has 0 radical (unpaired) electrons. The maximum Gasteiger partial charge on any atom is 0.248 e. The van der Waals surface area contributed by atoms with Crippen LogP contribution in [0.4, 0.5) is 8.78 Å². The van der Waals surface area contributed by atoms with Crippen LogP contribution in [0.5, 0.6) is 0 Å². The number of benzene rings is 1. The van der Waals surface area contributed by atoms with E-state index in [4.69, 9.17) is 0 Å². The molecular weight excluding hydrogens is 206 g/mol. The van der Waals surface area contributed by atoms with Crippen LogP contribution in [-0.4, -0.2) is 5.92 Å². The average Bonchev–Trinajstić information content (AvgIpc) is 2.59. The summed E-state index contributed by atoms with van der Waals surface area (Å²) in [5.41, 5.74) is 2.34. The van der Waals surface area contributed by atoms with Crippen molar-refractivity contribution < 1.29 is 8.78 Å². The molecule has 0 heterocycles. The molecule has 0 nitrogen and oxygen atoms in total. The molecule has 0 amide bonds. The van der Waals surface area contributed by atoms with Gasteiger partial charge in [0.05, 0.1) is 0 Å². The van der Waals surface area contributed by atoms with Gasteiger partial charge in [-0.2, -0.15) is 0 Å². The van der Waals surface area contributed by atoms with Crippen molar-refractivity contribution in [2.45, 2.75) is 50.9 Å². The van der Waals surface area contributed by atoms with Crippen LogP contribution in [0.25, 0.3) is 0 Å². The molecule has 2 rings (SSSR count). The second kappa shape index (κ2) is 4.15. The fourth-order valence-electron chi connectivity index (χ4n) is 2.39. The van der Waals surface area contributed by atoms with Crippen molar-refractivity contribution in [3.63, 3.8) is 0 Å². The first-order valence-electron chi connectivity index (χ1n) is 5.95. The van der Waals surface area contributed by atoms with Gasteiger partial charge in [-0.1, -0.05) is 38.1 Å². The number of hydrogen-bond acceptors (Lipinski definition) is 0. The van der Waals surface area contributed by atoms with Crippen molar-refractivity contribution in [3.8, 4) is 0 Å². The van der Waals surface area contributed by atoms with Gasteiger partial charge in [0.15, 0.2) is 0 Å². The van der Waals surface area contributed by atoms with Crippen molar-refractivity contribution in [3.05, 3.63) is 35.4 Å². The SMILES string of the molecule is CC(C)c1ccc([C@@H]2CCC(F)(F)C2)cc1. The van der Waals surface area contributed by atoms with Gasteiger partial charge < -0.3 is 0 Å². The lowest BCUT2D eigenvalue weighted by Crippen LogP contribution is -2.09. The van der Waals surface area contributed by atoms with Gasteiger partial charge >= 0.3 is 0 Å². The molecule has 0 saturated heterocycles. The van der Waals surface area contributed by atoms with Crippen molar-refractivity contribution in [1.82, 2.24) is 0 Å². The van der Waals surface area contributed by atoms with Gasteiger partial charge in [0.1, 0.15) is 0 Å². The summed E-state index contributed by atoms with van der Waals surface area (Å²) in [6, 6.07) is 8.16. The van der Waals surface area contributed by atoms with Gasteiger partial charge in [0.2, 0.25) is 5.92 Å². The normalized spacial score (nSPS) is 23.9. The van der Waals surface area contributed by atoms with E-state index in [0.717, 1.165) is 5.56 Å². The Labute approximate surface area is 95.7 Å². The van der Waals surface area contributed by atoms with Gasteiger partial charge in [-0.15, -0.1) is 0 Å². The summed E-state index contributed by atoms with van der Waals surface area (Å²) in [4.78, 5) is 0. The maximum absolute atomic E-state index is 13.1. The lowest BCUT2D eigenvalue weighted by Gasteiger charge is -2.12. The van der Waals surface area contributed by atoms with Crippen LogP contribution in [0.3, 0.4) is 0 Å². The standard InChI is InChI=1S/C14H18F2/c1-10(2)11-3-5-12(6-4-11)13-7-8-14(15,16)9-13/h3-6,10,13H,7-9H2,1-2H3/t13-/m1/s1. The van der Waals surface area contributed by atoms with Gasteiger partial charge in [0, 0.05) is 12.8 Å². The minimum Gasteiger partial charge on any atom is -0.207 e. The molecule has 0 aliphatic heterocycles. The highest BCUT2D eigenvalue weighted by atomic mass is 19.3. The molecule has 0 aromatic heterocycles. The predicted molar refractivity (Wildman–Crippen MR) is 62.1 cm³/mol. The Balaban J connectivity index is 2.11. The minimum absolute atomic E-state index is 0.0219. The fourth-order valence-corrected chi connectivity index (χ4v) is 2.39. The molecule has 1 aliphatic carbocycles. The van der Waals surface area contributed by atoms with E-state index in [1.807, 2.05) is 12.1 Å². The highest BCUT2D eigenvalue weighted by molar-refractivity contribution is 5.28. The molecule has 1 aliphatic rings. The van der Waals surface area contributed by atoms with E-state index in [2.05, 4.69) is 26.0 Å². The Bertz CT molecular complexity index is 352. The third kappa shape index (κ3) is 2.42. The van der Waals surface area contributed by atoms with Crippen molar-refractivity contribution in [2.24, 2.45) is 0 Å². The van der Waals surface area contributed by atoms with E-state index in [1.54, 1.807) is 0 Å². The van der Waals surface area contributed by atoms with Gasteiger partial charge in [-0.05, 0) is 29.4 Å². The second-order valence-corrected chi connectivity index (χ2v) is 5.12. The molecule has 1 fully saturated rings. The number of rotatable bonds is 2. The molecule has 0 unspecified atom stereocenters. The zero-order chi connectivity index (χ0) is 11.8. The van der Waals surface area contributed by atoms with Crippen LogP contribution in [0.15, 0.2) is 24.3 Å². The Hall–Kier alpha value is -0.920. The van der Waals surface area contributed by atoms with Crippen molar-refractivity contribution >= 4 is 0 Å². The molecule has 88 valence electrons. The second-order valence-electron chi connectivity index (χ2n) is 5.12. The highest BCUT2D eigenvalue weighted by Gasteiger charge is 2.39. The third-order valence-corrected chi connectivity index (χ3v) is 3.48. The maximum atomic E-state index is 13.1. The molecule has 0 bridgehead atoms. The van der Waals surface area contributed by atoms with E-state index in [-0.39, 0.29) is 18.8 Å². The largest absolute Gasteiger partial charge is 0.248 e. The zero-order valence-corrected chi connectivity index (χ0v) is 9.84. The molecule has 1 aromatic carbocycles. The van der Waals surface area contributed by atoms with Crippen LogP contribution >= 0.6 is 0 Å². The monoisotopic (exact) mass is 224 g/mol.